The van der Waals surface area contributed by atoms with Gasteiger partial charge in [-0.25, -0.2) is 4.79 Å². The molecule has 0 atom stereocenters. The lowest BCUT2D eigenvalue weighted by molar-refractivity contribution is 0.0698. The molecule has 1 aliphatic carbocycles. The van der Waals surface area contributed by atoms with Crippen molar-refractivity contribution in [3.05, 3.63) is 63.9 Å². The zero-order valence-electron chi connectivity index (χ0n) is 13.1. The van der Waals surface area contributed by atoms with Gasteiger partial charge < -0.3 is 14.6 Å². The van der Waals surface area contributed by atoms with E-state index in [1.807, 2.05) is 6.92 Å². The average Bonchev–Trinajstić information content (AvgIpc) is 2.98. The van der Waals surface area contributed by atoms with Crippen molar-refractivity contribution in [2.75, 3.05) is 0 Å². The van der Waals surface area contributed by atoms with E-state index < -0.39 is 17.5 Å². The highest BCUT2D eigenvalue weighted by atomic mass is 16.4. The molecule has 124 valence electrons. The number of carboxylic acid groups (broad SMARTS) is 1. The fourth-order valence-corrected chi connectivity index (χ4v) is 3.25. The van der Waals surface area contributed by atoms with Crippen LogP contribution in [-0.4, -0.2) is 27.7 Å². The summed E-state index contributed by atoms with van der Waals surface area (Å²) >= 11 is 0. The van der Waals surface area contributed by atoms with Gasteiger partial charge in [-0.1, -0.05) is 19.1 Å². The third-order valence-electron chi connectivity index (χ3n) is 4.44. The van der Waals surface area contributed by atoms with Crippen LogP contribution in [0.25, 0.3) is 11.0 Å². The first-order chi connectivity index (χ1) is 11.9. The number of phenols is 1. The van der Waals surface area contributed by atoms with Gasteiger partial charge in [0.05, 0.1) is 16.7 Å². The Morgan fingerprint density at radius 3 is 2.56 bits per heavy atom. The Balaban J connectivity index is 2.13. The number of aromatic carboxylic acids is 1. The highest BCUT2D eigenvalue weighted by Gasteiger charge is 2.38. The van der Waals surface area contributed by atoms with E-state index in [9.17, 15) is 24.6 Å². The van der Waals surface area contributed by atoms with Crippen LogP contribution in [0.15, 0.2) is 34.7 Å². The van der Waals surface area contributed by atoms with Gasteiger partial charge in [0.1, 0.15) is 11.3 Å². The number of furan rings is 1. The molecule has 25 heavy (non-hydrogen) atoms. The summed E-state index contributed by atoms with van der Waals surface area (Å²) in [6, 6.07) is 7.31. The molecule has 0 aliphatic heterocycles. The number of hydrogen-bond donors (Lipinski definition) is 2. The van der Waals surface area contributed by atoms with Crippen molar-refractivity contribution in [1.82, 2.24) is 0 Å². The summed E-state index contributed by atoms with van der Waals surface area (Å²) in [4.78, 5) is 37.3. The fourth-order valence-electron chi connectivity index (χ4n) is 3.25. The van der Waals surface area contributed by atoms with Gasteiger partial charge in [0, 0.05) is 10.9 Å². The van der Waals surface area contributed by atoms with Gasteiger partial charge >= 0.3 is 5.97 Å². The highest BCUT2D eigenvalue weighted by molar-refractivity contribution is 6.33. The zero-order chi connectivity index (χ0) is 17.9. The summed E-state index contributed by atoms with van der Waals surface area (Å²) in [5.41, 5.74) is 0.678. The van der Waals surface area contributed by atoms with E-state index in [1.54, 1.807) is 6.07 Å². The number of carboxylic acids is 1. The second kappa shape index (κ2) is 5.04. The summed E-state index contributed by atoms with van der Waals surface area (Å²) in [5.74, 6) is -2.91. The molecule has 0 bridgehead atoms. The van der Waals surface area contributed by atoms with Gasteiger partial charge in [0.25, 0.3) is 0 Å². The van der Waals surface area contributed by atoms with Crippen molar-refractivity contribution in [2.24, 2.45) is 0 Å². The minimum atomic E-state index is -1.20. The maximum absolute atomic E-state index is 12.9. The van der Waals surface area contributed by atoms with Gasteiger partial charge in [0.2, 0.25) is 5.78 Å². The number of rotatable bonds is 2. The van der Waals surface area contributed by atoms with Crippen molar-refractivity contribution >= 4 is 28.5 Å². The first-order valence-corrected chi connectivity index (χ1v) is 7.68. The number of ketones is 2. The van der Waals surface area contributed by atoms with Crippen LogP contribution < -0.4 is 0 Å². The first kappa shape index (κ1) is 15.1. The molecule has 2 N–H and O–H groups in total. The van der Waals surface area contributed by atoms with Crippen LogP contribution in [0.1, 0.15) is 54.9 Å². The Morgan fingerprint density at radius 2 is 1.88 bits per heavy atom. The predicted octanol–water partition coefficient (Wildman–Crippen LogP) is 3.17. The first-order valence-electron chi connectivity index (χ1n) is 7.68. The lowest BCUT2D eigenvalue weighted by Crippen LogP contribution is -2.20. The second-order valence-electron chi connectivity index (χ2n) is 5.84. The Morgan fingerprint density at radius 1 is 1.12 bits per heavy atom. The highest BCUT2D eigenvalue weighted by Crippen LogP contribution is 2.39. The SMILES string of the molecule is CCc1cc(C(=O)O)c2c3c(oc2c1)C(=O)c1c(O)cccc1C3=O. The van der Waals surface area contributed by atoms with E-state index >= 15 is 0 Å². The molecule has 0 amide bonds. The van der Waals surface area contributed by atoms with Crippen LogP contribution in [0.3, 0.4) is 0 Å². The summed E-state index contributed by atoms with van der Waals surface area (Å²) in [6.45, 7) is 1.86. The number of carbonyl (C=O) groups excluding carboxylic acids is 2. The molecule has 4 rings (SSSR count). The summed E-state index contributed by atoms with van der Waals surface area (Å²) in [7, 11) is 0. The van der Waals surface area contributed by atoms with Gasteiger partial charge in [-0.3, -0.25) is 9.59 Å². The molecule has 2 aromatic carbocycles. The van der Waals surface area contributed by atoms with Crippen LogP contribution in [-0.2, 0) is 6.42 Å². The molecule has 6 nitrogen and oxygen atoms in total. The fraction of sp³-hybridized carbons (Fsp3) is 0.105. The molecule has 1 aromatic heterocycles. The van der Waals surface area contributed by atoms with Crippen molar-refractivity contribution < 1.29 is 29.0 Å². The molecule has 1 aliphatic rings. The number of hydrogen-bond acceptors (Lipinski definition) is 5. The molecule has 6 heteroatoms. The summed E-state index contributed by atoms with van der Waals surface area (Å²) in [5, 5.41) is 19.6. The van der Waals surface area contributed by atoms with Crippen LogP contribution in [0, 0.1) is 0 Å². The molecule has 0 saturated heterocycles. The van der Waals surface area contributed by atoms with Gasteiger partial charge in [0.15, 0.2) is 11.5 Å². The Labute approximate surface area is 141 Å². The van der Waals surface area contributed by atoms with Crippen LogP contribution in [0.2, 0.25) is 0 Å². The predicted molar refractivity (Wildman–Crippen MR) is 87.5 cm³/mol. The Hall–Kier alpha value is -3.41. The van der Waals surface area contributed by atoms with Crippen molar-refractivity contribution in [3.63, 3.8) is 0 Å². The number of aryl methyl sites for hydroxylation is 1. The summed E-state index contributed by atoms with van der Waals surface area (Å²) < 4.78 is 5.57. The van der Waals surface area contributed by atoms with Crippen LogP contribution >= 0.6 is 0 Å². The third kappa shape index (κ3) is 1.94. The Kier molecular flexibility index (Phi) is 3.05. The molecular weight excluding hydrogens is 324 g/mol. The monoisotopic (exact) mass is 336 g/mol. The van der Waals surface area contributed by atoms with E-state index in [4.69, 9.17) is 4.42 Å². The Bertz CT molecular complexity index is 1100. The standard InChI is InChI=1S/C19H12O6/c1-2-8-6-10(19(23)24)14-12(7-8)25-18-15(14)16(21)9-4-3-5-11(20)13(9)17(18)22/h3-7,20H,2H2,1H3,(H,23,24). The minimum absolute atomic E-state index is 0.0381. The van der Waals surface area contributed by atoms with E-state index in [2.05, 4.69) is 0 Å². The van der Waals surface area contributed by atoms with E-state index in [0.717, 1.165) is 5.56 Å². The normalized spacial score (nSPS) is 13.0. The molecule has 0 saturated carbocycles. The number of fused-ring (bicyclic) bond motifs is 4. The van der Waals surface area contributed by atoms with Gasteiger partial charge in [-0.05, 0) is 30.2 Å². The van der Waals surface area contributed by atoms with Crippen molar-refractivity contribution in [2.45, 2.75) is 13.3 Å². The number of aromatic hydroxyl groups is 1. The van der Waals surface area contributed by atoms with Crippen molar-refractivity contribution in [3.8, 4) is 5.75 Å². The third-order valence-corrected chi connectivity index (χ3v) is 4.44. The number of phenolic OH excluding ortho intramolecular Hbond substituents is 1. The molecule has 0 spiro atoms. The molecule has 0 fully saturated rings. The van der Waals surface area contributed by atoms with E-state index in [0.29, 0.717) is 6.42 Å². The smallest absolute Gasteiger partial charge is 0.336 e. The molecule has 1 heterocycles. The topological polar surface area (TPSA) is 105 Å². The maximum Gasteiger partial charge on any atom is 0.336 e. The van der Waals surface area contributed by atoms with E-state index in [1.165, 1.54) is 24.3 Å². The minimum Gasteiger partial charge on any atom is -0.507 e. The van der Waals surface area contributed by atoms with Crippen molar-refractivity contribution in [1.29, 1.82) is 0 Å². The molecule has 0 unspecified atom stereocenters. The number of benzene rings is 2. The molecule has 0 radical (unpaired) electrons. The average molecular weight is 336 g/mol. The maximum atomic E-state index is 12.9. The van der Waals surface area contributed by atoms with E-state index in [-0.39, 0.29) is 44.7 Å². The van der Waals surface area contributed by atoms with Crippen LogP contribution in [0.5, 0.6) is 5.75 Å². The second-order valence-corrected chi connectivity index (χ2v) is 5.84. The lowest BCUT2D eigenvalue weighted by atomic mass is 9.85. The molecular formula is C19H12O6. The quantitative estimate of drug-likeness (QED) is 0.582. The lowest BCUT2D eigenvalue weighted by Gasteiger charge is -2.14. The number of carbonyl (C=O) groups is 3. The summed E-state index contributed by atoms with van der Waals surface area (Å²) in [6.07, 6.45) is 0.574. The zero-order valence-corrected chi connectivity index (χ0v) is 13.1. The van der Waals surface area contributed by atoms with Gasteiger partial charge in [-0.2, -0.15) is 0 Å². The van der Waals surface area contributed by atoms with Gasteiger partial charge in [-0.15, -0.1) is 0 Å². The van der Waals surface area contributed by atoms with Crippen LogP contribution in [0.4, 0.5) is 0 Å². The molecule has 3 aromatic rings. The largest absolute Gasteiger partial charge is 0.507 e.